The van der Waals surface area contributed by atoms with E-state index in [0.29, 0.717) is 0 Å². The number of nitrogens with one attached hydrogen (secondary N) is 2. The van der Waals surface area contributed by atoms with Crippen molar-refractivity contribution in [3.05, 3.63) is 0 Å². The van der Waals surface area contributed by atoms with E-state index >= 15 is 0 Å². The standard InChI is InChI=1S/C3H8N2O.C2H2F3NO/c1-4-3(6)5-2;3-2(4,5)1(6)7/h1-2H3,(H2,4,5,6);(H2,6,7). The van der Waals surface area contributed by atoms with Gasteiger partial charge in [-0.2, -0.15) is 13.2 Å². The topological polar surface area (TPSA) is 84.2 Å². The summed E-state index contributed by atoms with van der Waals surface area (Å²) in [6, 6.07) is -0.157. The van der Waals surface area contributed by atoms with E-state index in [2.05, 4.69) is 16.4 Å². The maximum Gasteiger partial charge on any atom is 0.470 e. The van der Waals surface area contributed by atoms with Gasteiger partial charge in [0.25, 0.3) is 0 Å². The molecule has 0 radical (unpaired) electrons. The van der Waals surface area contributed by atoms with E-state index in [1.54, 1.807) is 14.1 Å². The van der Waals surface area contributed by atoms with Crippen molar-refractivity contribution in [2.45, 2.75) is 6.18 Å². The lowest BCUT2D eigenvalue weighted by Crippen LogP contribution is -2.30. The van der Waals surface area contributed by atoms with Crippen LogP contribution in [-0.2, 0) is 4.79 Å². The summed E-state index contributed by atoms with van der Waals surface area (Å²) in [5.74, 6) is -2.26. The minimum atomic E-state index is -4.86. The molecule has 0 aliphatic heterocycles. The second kappa shape index (κ2) is 6.09. The van der Waals surface area contributed by atoms with Gasteiger partial charge in [0.2, 0.25) is 0 Å². The summed E-state index contributed by atoms with van der Waals surface area (Å²) in [7, 11) is 3.14. The first-order chi connectivity index (χ1) is 5.75. The fraction of sp³-hybridized carbons (Fsp3) is 0.600. The van der Waals surface area contributed by atoms with Crippen molar-refractivity contribution < 1.29 is 22.8 Å². The van der Waals surface area contributed by atoms with Crippen molar-refractivity contribution in [2.24, 2.45) is 5.73 Å². The third kappa shape index (κ3) is 10.5. The van der Waals surface area contributed by atoms with Gasteiger partial charge in [-0.25, -0.2) is 4.79 Å². The van der Waals surface area contributed by atoms with Crippen LogP contribution in [-0.4, -0.2) is 32.2 Å². The van der Waals surface area contributed by atoms with Crippen LogP contribution in [0.2, 0.25) is 0 Å². The second-order valence-electron chi connectivity index (χ2n) is 1.69. The van der Waals surface area contributed by atoms with E-state index in [9.17, 15) is 18.0 Å². The van der Waals surface area contributed by atoms with Crippen LogP contribution < -0.4 is 16.4 Å². The molecule has 0 aliphatic carbocycles. The van der Waals surface area contributed by atoms with Crippen molar-refractivity contribution in [3.8, 4) is 0 Å². The van der Waals surface area contributed by atoms with Crippen molar-refractivity contribution in [1.82, 2.24) is 10.6 Å². The molecule has 0 fully saturated rings. The Hall–Kier alpha value is -1.47. The Morgan fingerprint density at radius 1 is 1.15 bits per heavy atom. The lowest BCUT2D eigenvalue weighted by Gasteiger charge is -1.95. The summed E-state index contributed by atoms with van der Waals surface area (Å²) in [6.45, 7) is 0. The Morgan fingerprint density at radius 3 is 1.38 bits per heavy atom. The largest absolute Gasteiger partial charge is 0.470 e. The predicted molar refractivity (Wildman–Crippen MR) is 38.8 cm³/mol. The van der Waals surface area contributed by atoms with Gasteiger partial charge in [0.15, 0.2) is 0 Å². The molecule has 78 valence electrons. The summed E-state index contributed by atoms with van der Waals surface area (Å²) in [6.07, 6.45) is -4.86. The molecule has 0 aromatic carbocycles. The van der Waals surface area contributed by atoms with Crippen LogP contribution in [0.4, 0.5) is 18.0 Å². The van der Waals surface area contributed by atoms with Gasteiger partial charge in [0.05, 0.1) is 0 Å². The maximum absolute atomic E-state index is 10.7. The van der Waals surface area contributed by atoms with Crippen LogP contribution in [0.5, 0.6) is 0 Å². The molecule has 3 amide bonds. The number of hydrogen-bond acceptors (Lipinski definition) is 2. The molecule has 0 bridgehead atoms. The van der Waals surface area contributed by atoms with Crippen LogP contribution in [0.3, 0.4) is 0 Å². The van der Waals surface area contributed by atoms with E-state index in [1.807, 2.05) is 0 Å². The zero-order valence-corrected chi connectivity index (χ0v) is 7.03. The number of amides is 3. The summed E-state index contributed by atoms with van der Waals surface area (Å²) in [5.41, 5.74) is 3.81. The monoisotopic (exact) mass is 201 g/mol. The molecule has 8 heteroatoms. The maximum atomic E-state index is 10.7. The minimum Gasteiger partial charge on any atom is -0.362 e. The van der Waals surface area contributed by atoms with Gasteiger partial charge >= 0.3 is 18.1 Å². The number of halogens is 3. The first kappa shape index (κ1) is 14.1. The van der Waals surface area contributed by atoms with E-state index in [0.717, 1.165) is 0 Å². The van der Waals surface area contributed by atoms with Gasteiger partial charge < -0.3 is 16.4 Å². The molecule has 0 saturated heterocycles. The summed E-state index contributed by atoms with van der Waals surface area (Å²) < 4.78 is 32.1. The van der Waals surface area contributed by atoms with Gasteiger partial charge in [0, 0.05) is 14.1 Å². The van der Waals surface area contributed by atoms with Crippen LogP contribution in [0.25, 0.3) is 0 Å². The Balaban J connectivity index is 0. The predicted octanol–water partition coefficient (Wildman–Crippen LogP) is -0.421. The third-order valence-corrected chi connectivity index (χ3v) is 0.734. The zero-order chi connectivity index (χ0) is 11.1. The highest BCUT2D eigenvalue weighted by molar-refractivity contribution is 5.79. The number of rotatable bonds is 0. The number of urea groups is 1. The smallest absolute Gasteiger partial charge is 0.362 e. The Labute approximate surface area is 72.5 Å². The molecule has 0 heterocycles. The molecular weight excluding hydrogens is 191 g/mol. The van der Waals surface area contributed by atoms with Crippen LogP contribution in [0.15, 0.2) is 0 Å². The molecule has 13 heavy (non-hydrogen) atoms. The van der Waals surface area contributed by atoms with Gasteiger partial charge in [-0.15, -0.1) is 0 Å². The molecule has 0 atom stereocenters. The number of alkyl halides is 3. The Morgan fingerprint density at radius 2 is 1.38 bits per heavy atom. The summed E-state index contributed by atoms with van der Waals surface area (Å²) in [4.78, 5) is 19.1. The van der Waals surface area contributed by atoms with Gasteiger partial charge in [-0.3, -0.25) is 4.79 Å². The number of hydrogen-bond donors (Lipinski definition) is 3. The first-order valence-corrected chi connectivity index (χ1v) is 3.01. The zero-order valence-electron chi connectivity index (χ0n) is 7.03. The summed E-state index contributed by atoms with van der Waals surface area (Å²) >= 11 is 0. The molecule has 0 spiro atoms. The van der Waals surface area contributed by atoms with Crippen LogP contribution in [0.1, 0.15) is 0 Å². The average Bonchev–Trinajstić information content (AvgIpc) is 2.02. The molecule has 4 N–H and O–H groups in total. The van der Waals surface area contributed by atoms with Gasteiger partial charge in [-0.1, -0.05) is 0 Å². The van der Waals surface area contributed by atoms with Crippen LogP contribution >= 0.6 is 0 Å². The van der Waals surface area contributed by atoms with Gasteiger partial charge in [-0.05, 0) is 0 Å². The highest BCUT2D eigenvalue weighted by atomic mass is 19.4. The van der Waals surface area contributed by atoms with Gasteiger partial charge in [0.1, 0.15) is 0 Å². The fourth-order valence-electron chi connectivity index (χ4n) is 0.125. The van der Waals surface area contributed by atoms with Crippen molar-refractivity contribution >= 4 is 11.9 Å². The SMILES string of the molecule is CNC(=O)NC.NC(=O)C(F)(F)F. The Bertz CT molecular complexity index is 174. The number of primary amides is 1. The van der Waals surface area contributed by atoms with Crippen molar-refractivity contribution in [2.75, 3.05) is 14.1 Å². The fourth-order valence-corrected chi connectivity index (χ4v) is 0.125. The molecule has 5 nitrogen and oxygen atoms in total. The Kier molecular flexibility index (Phi) is 6.60. The van der Waals surface area contributed by atoms with Crippen molar-refractivity contribution in [3.63, 3.8) is 0 Å². The molecular formula is C5H10F3N3O2. The molecule has 0 saturated carbocycles. The highest BCUT2D eigenvalue weighted by Gasteiger charge is 2.35. The van der Waals surface area contributed by atoms with E-state index in [-0.39, 0.29) is 6.03 Å². The van der Waals surface area contributed by atoms with E-state index in [4.69, 9.17) is 4.79 Å². The van der Waals surface area contributed by atoms with Crippen LogP contribution in [0, 0.1) is 0 Å². The van der Waals surface area contributed by atoms with Crippen molar-refractivity contribution in [1.29, 1.82) is 0 Å². The molecule has 0 aliphatic rings. The minimum absolute atomic E-state index is 0.157. The normalized spacial score (nSPS) is 9.31. The summed E-state index contributed by atoms with van der Waals surface area (Å²) in [5, 5.41) is 4.73. The molecule has 0 aromatic rings. The number of carbonyl (C=O) groups is 2. The lowest BCUT2D eigenvalue weighted by atomic mass is 10.6. The lowest BCUT2D eigenvalue weighted by molar-refractivity contribution is -0.169. The first-order valence-electron chi connectivity index (χ1n) is 3.01. The van der Waals surface area contributed by atoms with E-state index in [1.165, 1.54) is 0 Å². The molecule has 0 aromatic heterocycles. The average molecular weight is 201 g/mol. The highest BCUT2D eigenvalue weighted by Crippen LogP contribution is 2.11. The number of nitrogens with two attached hydrogens (primary N) is 1. The second-order valence-corrected chi connectivity index (χ2v) is 1.69. The van der Waals surface area contributed by atoms with E-state index < -0.39 is 12.1 Å². The quantitative estimate of drug-likeness (QED) is 0.497. The third-order valence-electron chi connectivity index (χ3n) is 0.734. The molecule has 0 rings (SSSR count). The number of carbonyl (C=O) groups excluding carboxylic acids is 2. The molecule has 0 unspecified atom stereocenters.